The summed E-state index contributed by atoms with van der Waals surface area (Å²) in [7, 11) is 1.68. The van der Waals surface area contributed by atoms with Crippen molar-refractivity contribution >= 4 is 13.8 Å². The molecule has 0 fully saturated rings. The van der Waals surface area contributed by atoms with Crippen molar-refractivity contribution in [2.24, 2.45) is 0 Å². The molecular weight excluding hydrogens is 601 g/mol. The average molecular weight is 679 g/mol. The lowest BCUT2D eigenvalue weighted by atomic mass is 10.0. The molecule has 8 nitrogen and oxygen atoms in total. The zero-order chi connectivity index (χ0) is 34.2. The third kappa shape index (κ3) is 34.8. The number of esters is 1. The number of likely N-dealkylation sites (N-methyl/N-ethyl adjacent to an activating group) is 1. The first-order valence-corrected chi connectivity index (χ1v) is 20.8. The van der Waals surface area contributed by atoms with Crippen LogP contribution in [0.4, 0.5) is 0 Å². The van der Waals surface area contributed by atoms with E-state index in [1.807, 2.05) is 21.1 Å². The Bertz CT molecular complexity index is 716. The van der Waals surface area contributed by atoms with Crippen LogP contribution in [0.3, 0.4) is 0 Å². The number of hydrogen-bond donors (Lipinski definition) is 1. The summed E-state index contributed by atoms with van der Waals surface area (Å²) in [6.07, 6.45) is 29.8. The Kier molecular flexibility index (Phi) is 31.4. The molecule has 0 rings (SSSR count). The van der Waals surface area contributed by atoms with Gasteiger partial charge in [-0.15, -0.1) is 0 Å². The maximum Gasteiger partial charge on any atom is 0.472 e. The molecule has 46 heavy (non-hydrogen) atoms. The van der Waals surface area contributed by atoms with Crippen LogP contribution in [0.25, 0.3) is 0 Å². The van der Waals surface area contributed by atoms with Crippen LogP contribution in [0.15, 0.2) is 0 Å². The van der Waals surface area contributed by atoms with Gasteiger partial charge in [-0.3, -0.25) is 13.8 Å². The summed E-state index contributed by atoms with van der Waals surface area (Å²) in [4.78, 5) is 22.7. The smallest absolute Gasteiger partial charge is 0.457 e. The molecule has 0 aromatic carbocycles. The van der Waals surface area contributed by atoms with Crippen LogP contribution in [-0.4, -0.2) is 75.6 Å². The van der Waals surface area contributed by atoms with Gasteiger partial charge in [-0.2, -0.15) is 0 Å². The van der Waals surface area contributed by atoms with Gasteiger partial charge in [-0.05, 0) is 12.8 Å². The second kappa shape index (κ2) is 31.7. The maximum atomic E-state index is 12.6. The van der Waals surface area contributed by atoms with Gasteiger partial charge in [-0.1, -0.05) is 155 Å². The van der Waals surface area contributed by atoms with Crippen molar-refractivity contribution in [2.45, 2.75) is 180 Å². The molecule has 0 aliphatic heterocycles. The first-order chi connectivity index (χ1) is 22.1. The van der Waals surface area contributed by atoms with E-state index in [0.717, 1.165) is 32.1 Å². The molecule has 0 aliphatic rings. The van der Waals surface area contributed by atoms with Gasteiger partial charge in [0.2, 0.25) is 0 Å². The largest absolute Gasteiger partial charge is 0.472 e. The monoisotopic (exact) mass is 679 g/mol. The Labute approximate surface area is 285 Å². The lowest BCUT2D eigenvalue weighted by Gasteiger charge is -2.24. The van der Waals surface area contributed by atoms with Gasteiger partial charge in [0, 0.05) is 13.0 Å². The SMILES string of the molecule is CCCCCCCCCCCCCCCOCC(COP(=O)(O)OCC[N+](C)(C)C)OC(=O)CCCCCCCCCCCCC. The summed E-state index contributed by atoms with van der Waals surface area (Å²) in [6.45, 7) is 5.64. The van der Waals surface area contributed by atoms with Crippen molar-refractivity contribution in [3.63, 3.8) is 0 Å². The molecule has 276 valence electrons. The Morgan fingerprint density at radius 2 is 1.00 bits per heavy atom. The van der Waals surface area contributed by atoms with E-state index in [2.05, 4.69) is 13.8 Å². The summed E-state index contributed by atoms with van der Waals surface area (Å²) in [5.41, 5.74) is 0. The fraction of sp³-hybridized carbons (Fsp3) is 0.973. The predicted octanol–water partition coefficient (Wildman–Crippen LogP) is 10.5. The highest BCUT2D eigenvalue weighted by atomic mass is 31.2. The molecule has 2 unspecified atom stereocenters. The Balaban J connectivity index is 4.26. The van der Waals surface area contributed by atoms with Crippen LogP contribution < -0.4 is 0 Å². The van der Waals surface area contributed by atoms with E-state index in [1.54, 1.807) is 0 Å². The van der Waals surface area contributed by atoms with Crippen molar-refractivity contribution < 1.29 is 37.3 Å². The van der Waals surface area contributed by atoms with Crippen LogP contribution in [-0.2, 0) is 27.9 Å². The lowest BCUT2D eigenvalue weighted by Crippen LogP contribution is -2.37. The number of carbonyl (C=O) groups is 1. The van der Waals surface area contributed by atoms with E-state index in [-0.39, 0.29) is 25.8 Å². The molecule has 1 N–H and O–H groups in total. The summed E-state index contributed by atoms with van der Waals surface area (Å²) in [6, 6.07) is 0. The summed E-state index contributed by atoms with van der Waals surface area (Å²) >= 11 is 0. The molecule has 0 amide bonds. The van der Waals surface area contributed by atoms with Crippen LogP contribution in [0.2, 0.25) is 0 Å². The minimum Gasteiger partial charge on any atom is -0.457 e. The van der Waals surface area contributed by atoms with E-state index in [9.17, 15) is 14.3 Å². The van der Waals surface area contributed by atoms with Crippen LogP contribution in [0.1, 0.15) is 174 Å². The number of carbonyl (C=O) groups excluding carboxylic acids is 1. The number of quaternary nitrogens is 1. The van der Waals surface area contributed by atoms with Crippen molar-refractivity contribution in [2.75, 3.05) is 54.1 Å². The topological polar surface area (TPSA) is 91.3 Å². The second-order valence-electron chi connectivity index (χ2n) is 14.3. The molecular formula is C37H77NO7P+. The van der Waals surface area contributed by atoms with Gasteiger partial charge in [0.1, 0.15) is 19.3 Å². The summed E-state index contributed by atoms with van der Waals surface area (Å²) < 4.78 is 34.8. The number of rotatable bonds is 36. The number of nitrogens with zero attached hydrogens (tertiary/aromatic N) is 1. The van der Waals surface area contributed by atoms with Crippen molar-refractivity contribution in [1.29, 1.82) is 0 Å². The Hall–Kier alpha value is -0.500. The zero-order valence-electron chi connectivity index (χ0n) is 31.1. The average Bonchev–Trinajstić information content (AvgIpc) is 2.99. The summed E-state index contributed by atoms with van der Waals surface area (Å²) in [5, 5.41) is 0. The van der Waals surface area contributed by atoms with Crippen LogP contribution in [0, 0.1) is 0 Å². The minimum atomic E-state index is -4.26. The van der Waals surface area contributed by atoms with Crippen molar-refractivity contribution in [1.82, 2.24) is 0 Å². The number of hydrogen-bond acceptors (Lipinski definition) is 6. The van der Waals surface area contributed by atoms with E-state index >= 15 is 0 Å². The van der Waals surface area contributed by atoms with Crippen molar-refractivity contribution in [3.05, 3.63) is 0 Å². The Morgan fingerprint density at radius 1 is 0.587 bits per heavy atom. The lowest BCUT2D eigenvalue weighted by molar-refractivity contribution is -0.870. The highest BCUT2D eigenvalue weighted by Gasteiger charge is 2.26. The van der Waals surface area contributed by atoms with E-state index in [1.165, 1.54) is 122 Å². The highest BCUT2D eigenvalue weighted by Crippen LogP contribution is 2.43. The molecule has 0 aromatic heterocycles. The van der Waals surface area contributed by atoms with Gasteiger partial charge in [0.15, 0.2) is 0 Å². The van der Waals surface area contributed by atoms with Gasteiger partial charge in [0.05, 0.1) is 34.4 Å². The fourth-order valence-corrected chi connectivity index (χ4v) is 6.12. The predicted molar refractivity (Wildman–Crippen MR) is 192 cm³/mol. The number of phosphoric ester groups is 1. The van der Waals surface area contributed by atoms with Gasteiger partial charge < -0.3 is 18.9 Å². The van der Waals surface area contributed by atoms with Gasteiger partial charge in [0.25, 0.3) is 0 Å². The normalized spacial score (nSPS) is 14.0. The maximum absolute atomic E-state index is 12.6. The molecule has 9 heteroatoms. The molecule has 0 aromatic rings. The van der Waals surface area contributed by atoms with E-state index in [0.29, 0.717) is 24.1 Å². The zero-order valence-corrected chi connectivity index (χ0v) is 32.0. The molecule has 0 saturated carbocycles. The van der Waals surface area contributed by atoms with Gasteiger partial charge in [-0.25, -0.2) is 4.57 Å². The fourth-order valence-electron chi connectivity index (χ4n) is 5.38. The number of ether oxygens (including phenoxy) is 2. The van der Waals surface area contributed by atoms with Gasteiger partial charge >= 0.3 is 13.8 Å². The molecule has 0 aliphatic carbocycles. The number of phosphoric acid groups is 1. The molecule has 0 saturated heterocycles. The third-order valence-electron chi connectivity index (χ3n) is 8.42. The molecule has 0 spiro atoms. The molecule has 0 bridgehead atoms. The van der Waals surface area contributed by atoms with Crippen LogP contribution >= 0.6 is 7.82 Å². The first-order valence-electron chi connectivity index (χ1n) is 19.3. The molecule has 0 heterocycles. The standard InChI is InChI=1S/C37H76NO7P/c1-6-8-10-12-14-16-18-19-21-23-25-27-29-32-42-34-36(35-44-46(40,41)43-33-31-38(3,4)5)45-37(39)30-28-26-24-22-20-17-15-13-11-9-7-2/h36H,6-35H2,1-5H3/p+1. The first kappa shape index (κ1) is 45.5. The Morgan fingerprint density at radius 3 is 1.43 bits per heavy atom. The molecule has 0 radical (unpaired) electrons. The molecule has 2 atom stereocenters. The summed E-state index contributed by atoms with van der Waals surface area (Å²) in [5.74, 6) is -0.312. The van der Waals surface area contributed by atoms with Crippen molar-refractivity contribution in [3.8, 4) is 0 Å². The quantitative estimate of drug-likeness (QED) is 0.0305. The van der Waals surface area contributed by atoms with E-state index < -0.39 is 13.9 Å². The number of unbranched alkanes of at least 4 members (excludes halogenated alkanes) is 22. The highest BCUT2D eigenvalue weighted by molar-refractivity contribution is 7.47. The minimum absolute atomic E-state index is 0.0934. The van der Waals surface area contributed by atoms with Crippen LogP contribution in [0.5, 0.6) is 0 Å². The second-order valence-corrected chi connectivity index (χ2v) is 15.8. The van der Waals surface area contributed by atoms with E-state index in [4.69, 9.17) is 18.5 Å². The third-order valence-corrected chi connectivity index (χ3v) is 9.40.